The van der Waals surface area contributed by atoms with E-state index in [1.54, 1.807) is 29.9 Å². The van der Waals surface area contributed by atoms with Gasteiger partial charge in [-0.2, -0.15) is 0 Å². The van der Waals surface area contributed by atoms with Crippen molar-refractivity contribution in [2.75, 3.05) is 13.2 Å². The molecule has 1 aliphatic heterocycles. The zero-order valence-electron chi connectivity index (χ0n) is 10.3. The maximum absolute atomic E-state index is 11.7. The van der Waals surface area contributed by atoms with Crippen LogP contribution in [0.4, 0.5) is 0 Å². The summed E-state index contributed by atoms with van der Waals surface area (Å²) >= 11 is 0. The number of carbonyl (C=O) groups is 1. The Labute approximate surface area is 100 Å². The number of nitrogens with zero attached hydrogens (tertiary/aromatic N) is 1. The molecule has 0 N–H and O–H groups in total. The minimum absolute atomic E-state index is 0.186. The third kappa shape index (κ3) is 2.87. The zero-order chi connectivity index (χ0) is 12.5. The number of aryl methyl sites for hydroxylation is 1. The smallest absolute Gasteiger partial charge is 0.355 e. The van der Waals surface area contributed by atoms with Crippen molar-refractivity contribution in [2.45, 2.75) is 25.7 Å². The van der Waals surface area contributed by atoms with Crippen LogP contribution in [-0.2, 0) is 21.3 Å². The van der Waals surface area contributed by atoms with E-state index in [2.05, 4.69) is 0 Å². The summed E-state index contributed by atoms with van der Waals surface area (Å²) in [5.74, 6) is -0.923. The third-order valence-electron chi connectivity index (χ3n) is 2.62. The first-order valence-electron chi connectivity index (χ1n) is 5.58. The average Bonchev–Trinajstić information content (AvgIpc) is 2.81. The molecule has 0 amide bonds. The van der Waals surface area contributed by atoms with Crippen LogP contribution in [0, 0.1) is 0 Å². The predicted octanol–water partition coefficient (Wildman–Crippen LogP) is 1.33. The normalized spacial score (nSPS) is 22.6. The number of ether oxygens (including phenoxy) is 3. The van der Waals surface area contributed by atoms with Crippen molar-refractivity contribution in [3.63, 3.8) is 0 Å². The highest BCUT2D eigenvalue weighted by Gasteiger charge is 2.33. The Bertz CT molecular complexity index is 410. The molecule has 1 aromatic rings. The lowest BCUT2D eigenvalue weighted by Gasteiger charge is -2.17. The standard InChI is InChI=1S/C12H17NO4/c1-12(2)16-8-9(17-12)7-15-11(14)10-5-4-6-13(10)3/h4-6,9H,7-8H2,1-3H3/t9-/m1/s1. The maximum Gasteiger partial charge on any atom is 0.355 e. The Morgan fingerprint density at radius 3 is 2.94 bits per heavy atom. The molecule has 0 aliphatic carbocycles. The summed E-state index contributed by atoms with van der Waals surface area (Å²) in [6.07, 6.45) is 1.61. The molecular formula is C12H17NO4. The molecule has 2 rings (SSSR count). The first kappa shape index (κ1) is 12.1. The minimum Gasteiger partial charge on any atom is -0.458 e. The van der Waals surface area contributed by atoms with Crippen LogP contribution >= 0.6 is 0 Å². The summed E-state index contributed by atoms with van der Waals surface area (Å²) in [6, 6.07) is 3.52. The SMILES string of the molecule is Cn1cccc1C(=O)OC[C@@H]1COC(C)(C)O1. The first-order valence-corrected chi connectivity index (χ1v) is 5.58. The fourth-order valence-electron chi connectivity index (χ4n) is 1.76. The van der Waals surface area contributed by atoms with Gasteiger partial charge in [-0.15, -0.1) is 0 Å². The second-order valence-corrected chi connectivity index (χ2v) is 4.55. The second kappa shape index (κ2) is 4.50. The van der Waals surface area contributed by atoms with E-state index in [1.165, 1.54) is 0 Å². The summed E-state index contributed by atoms with van der Waals surface area (Å²) in [6.45, 7) is 4.35. The quantitative estimate of drug-likeness (QED) is 0.747. The Morgan fingerprint density at radius 1 is 1.65 bits per heavy atom. The van der Waals surface area contributed by atoms with Gasteiger partial charge in [0.1, 0.15) is 18.4 Å². The van der Waals surface area contributed by atoms with Crippen LogP contribution in [0.1, 0.15) is 24.3 Å². The lowest BCUT2D eigenvalue weighted by molar-refractivity contribution is -0.142. The van der Waals surface area contributed by atoms with Gasteiger partial charge in [0.25, 0.3) is 0 Å². The van der Waals surface area contributed by atoms with Gasteiger partial charge in [0.05, 0.1) is 6.61 Å². The summed E-state index contributed by atoms with van der Waals surface area (Å²) < 4.78 is 17.8. The summed E-state index contributed by atoms with van der Waals surface area (Å²) in [5, 5.41) is 0. The molecule has 5 nitrogen and oxygen atoms in total. The molecule has 0 bridgehead atoms. The number of aromatic nitrogens is 1. The van der Waals surface area contributed by atoms with E-state index in [4.69, 9.17) is 14.2 Å². The van der Waals surface area contributed by atoms with Crippen molar-refractivity contribution in [3.8, 4) is 0 Å². The molecule has 0 unspecified atom stereocenters. The van der Waals surface area contributed by atoms with E-state index in [1.807, 2.05) is 13.8 Å². The first-order chi connectivity index (χ1) is 7.98. The van der Waals surface area contributed by atoms with Crippen LogP contribution in [0.5, 0.6) is 0 Å². The van der Waals surface area contributed by atoms with E-state index < -0.39 is 5.79 Å². The summed E-state index contributed by atoms with van der Waals surface area (Å²) in [4.78, 5) is 11.7. The van der Waals surface area contributed by atoms with Gasteiger partial charge in [0.15, 0.2) is 5.79 Å². The van der Waals surface area contributed by atoms with Gasteiger partial charge in [0, 0.05) is 13.2 Å². The predicted molar refractivity (Wildman–Crippen MR) is 60.6 cm³/mol. The fourth-order valence-corrected chi connectivity index (χ4v) is 1.76. The van der Waals surface area contributed by atoms with Crippen LogP contribution < -0.4 is 0 Å². The lowest BCUT2D eigenvalue weighted by atomic mass is 10.4. The van der Waals surface area contributed by atoms with Gasteiger partial charge in [-0.3, -0.25) is 0 Å². The Morgan fingerprint density at radius 2 is 2.41 bits per heavy atom. The van der Waals surface area contributed by atoms with Gasteiger partial charge < -0.3 is 18.8 Å². The molecule has 5 heteroatoms. The summed E-state index contributed by atoms with van der Waals surface area (Å²) in [5.41, 5.74) is 0.531. The van der Waals surface area contributed by atoms with Crippen molar-refractivity contribution in [1.82, 2.24) is 4.57 Å². The van der Waals surface area contributed by atoms with Crippen molar-refractivity contribution in [3.05, 3.63) is 24.0 Å². The van der Waals surface area contributed by atoms with Crippen LogP contribution in [0.2, 0.25) is 0 Å². The average molecular weight is 239 g/mol. The number of rotatable bonds is 3. The van der Waals surface area contributed by atoms with Crippen LogP contribution in [0.25, 0.3) is 0 Å². The highest BCUT2D eigenvalue weighted by atomic mass is 16.7. The lowest BCUT2D eigenvalue weighted by Crippen LogP contribution is -2.25. The van der Waals surface area contributed by atoms with Gasteiger partial charge in [-0.25, -0.2) is 4.79 Å². The number of carbonyl (C=O) groups excluding carboxylic acids is 1. The summed E-state index contributed by atoms with van der Waals surface area (Å²) in [7, 11) is 1.80. The molecule has 0 spiro atoms. The minimum atomic E-state index is -0.581. The van der Waals surface area contributed by atoms with Gasteiger partial charge in [-0.05, 0) is 26.0 Å². The molecule has 17 heavy (non-hydrogen) atoms. The van der Waals surface area contributed by atoms with E-state index in [0.717, 1.165) is 0 Å². The maximum atomic E-state index is 11.7. The Hall–Kier alpha value is -1.33. The zero-order valence-corrected chi connectivity index (χ0v) is 10.3. The third-order valence-corrected chi connectivity index (χ3v) is 2.62. The van der Waals surface area contributed by atoms with E-state index in [0.29, 0.717) is 12.3 Å². The molecule has 2 heterocycles. The van der Waals surface area contributed by atoms with E-state index >= 15 is 0 Å². The monoisotopic (exact) mass is 239 g/mol. The highest BCUT2D eigenvalue weighted by Crippen LogP contribution is 2.22. The van der Waals surface area contributed by atoms with Crippen LogP contribution in [0.15, 0.2) is 18.3 Å². The number of esters is 1. The largest absolute Gasteiger partial charge is 0.458 e. The molecule has 1 atom stereocenters. The molecular weight excluding hydrogens is 222 g/mol. The van der Waals surface area contributed by atoms with Crippen LogP contribution in [0.3, 0.4) is 0 Å². The van der Waals surface area contributed by atoms with Crippen LogP contribution in [-0.4, -0.2) is 35.6 Å². The molecule has 1 fully saturated rings. The fraction of sp³-hybridized carbons (Fsp3) is 0.583. The molecule has 1 saturated heterocycles. The molecule has 0 saturated carbocycles. The molecule has 0 radical (unpaired) electrons. The number of hydrogen-bond donors (Lipinski definition) is 0. The molecule has 94 valence electrons. The van der Waals surface area contributed by atoms with Crippen molar-refractivity contribution in [2.24, 2.45) is 7.05 Å². The second-order valence-electron chi connectivity index (χ2n) is 4.55. The molecule has 1 aromatic heterocycles. The molecule has 1 aliphatic rings. The Balaban J connectivity index is 1.84. The van der Waals surface area contributed by atoms with Crippen molar-refractivity contribution >= 4 is 5.97 Å². The molecule has 0 aromatic carbocycles. The topological polar surface area (TPSA) is 49.7 Å². The van der Waals surface area contributed by atoms with Gasteiger partial charge in [-0.1, -0.05) is 0 Å². The van der Waals surface area contributed by atoms with E-state index in [-0.39, 0.29) is 18.7 Å². The van der Waals surface area contributed by atoms with Crippen molar-refractivity contribution < 1.29 is 19.0 Å². The van der Waals surface area contributed by atoms with Gasteiger partial charge >= 0.3 is 5.97 Å². The Kier molecular flexibility index (Phi) is 3.22. The van der Waals surface area contributed by atoms with E-state index in [9.17, 15) is 4.79 Å². The van der Waals surface area contributed by atoms with Crippen molar-refractivity contribution in [1.29, 1.82) is 0 Å². The number of hydrogen-bond acceptors (Lipinski definition) is 4. The highest BCUT2D eigenvalue weighted by molar-refractivity contribution is 5.87. The van der Waals surface area contributed by atoms with Gasteiger partial charge in [0.2, 0.25) is 0 Å².